The summed E-state index contributed by atoms with van der Waals surface area (Å²) in [6.07, 6.45) is 1.64. The Kier molecular flexibility index (Phi) is 5.97. The Bertz CT molecular complexity index is 1090. The van der Waals surface area contributed by atoms with Crippen LogP contribution in [-0.4, -0.2) is 26.4 Å². The Labute approximate surface area is 176 Å². The topological polar surface area (TPSA) is 73.0 Å². The molecule has 6 nitrogen and oxygen atoms in total. The van der Waals surface area contributed by atoms with Crippen LogP contribution in [-0.2, 0) is 11.3 Å². The van der Waals surface area contributed by atoms with Crippen LogP contribution in [0.25, 0.3) is 17.0 Å². The van der Waals surface area contributed by atoms with Gasteiger partial charge in [-0.3, -0.25) is 9.36 Å². The number of furan rings is 1. The number of halogens is 1. The predicted octanol–water partition coefficient (Wildman–Crippen LogP) is 4.59. The quantitative estimate of drug-likeness (QED) is 0.439. The van der Waals surface area contributed by atoms with E-state index in [0.717, 1.165) is 17.0 Å². The molecule has 1 amide bonds. The van der Waals surface area contributed by atoms with Crippen LogP contribution < -0.4 is 5.32 Å². The molecule has 29 heavy (non-hydrogen) atoms. The van der Waals surface area contributed by atoms with E-state index in [4.69, 9.17) is 16.0 Å². The van der Waals surface area contributed by atoms with Crippen LogP contribution in [0.4, 0.5) is 0 Å². The number of benzene rings is 2. The van der Waals surface area contributed by atoms with Crippen LogP contribution in [0.15, 0.2) is 82.6 Å². The standard InChI is InChI=1S/C21H17ClN4O2S/c22-16-8-6-15(7-9-16)19-11-10-18(28-19)12-23-20(27)13-29-21-25-24-14-26(21)17-4-2-1-3-5-17/h1-11,14H,12-13H2,(H,23,27). The average Bonchev–Trinajstić information content (AvgIpc) is 3.41. The molecule has 1 N–H and O–H groups in total. The molecule has 4 aromatic rings. The second-order valence-corrected chi connectivity index (χ2v) is 7.54. The van der Waals surface area contributed by atoms with E-state index in [2.05, 4.69) is 15.5 Å². The van der Waals surface area contributed by atoms with E-state index in [0.29, 0.717) is 22.5 Å². The fraction of sp³-hybridized carbons (Fsp3) is 0.0952. The zero-order chi connectivity index (χ0) is 20.1. The summed E-state index contributed by atoms with van der Waals surface area (Å²) in [5.74, 6) is 1.54. The first-order valence-corrected chi connectivity index (χ1v) is 10.2. The smallest absolute Gasteiger partial charge is 0.230 e. The number of thioether (sulfide) groups is 1. The van der Waals surface area contributed by atoms with Gasteiger partial charge in [0.15, 0.2) is 5.16 Å². The predicted molar refractivity (Wildman–Crippen MR) is 113 cm³/mol. The lowest BCUT2D eigenvalue weighted by atomic mass is 10.2. The number of rotatable bonds is 7. The summed E-state index contributed by atoms with van der Waals surface area (Å²) in [5, 5.41) is 12.2. The van der Waals surface area contributed by atoms with Crippen molar-refractivity contribution in [2.45, 2.75) is 11.7 Å². The number of aromatic nitrogens is 3. The van der Waals surface area contributed by atoms with Crippen molar-refractivity contribution in [3.63, 3.8) is 0 Å². The molecular formula is C21H17ClN4O2S. The lowest BCUT2D eigenvalue weighted by Gasteiger charge is -2.06. The van der Waals surface area contributed by atoms with Gasteiger partial charge >= 0.3 is 0 Å². The monoisotopic (exact) mass is 424 g/mol. The number of hydrogen-bond acceptors (Lipinski definition) is 5. The second-order valence-electron chi connectivity index (χ2n) is 6.16. The van der Waals surface area contributed by atoms with Crippen LogP contribution in [0.1, 0.15) is 5.76 Å². The molecule has 0 aliphatic rings. The highest BCUT2D eigenvalue weighted by Gasteiger charge is 2.11. The summed E-state index contributed by atoms with van der Waals surface area (Å²) in [7, 11) is 0. The Balaban J connectivity index is 1.30. The Hall–Kier alpha value is -3.03. The van der Waals surface area contributed by atoms with E-state index in [1.54, 1.807) is 6.33 Å². The molecule has 0 saturated heterocycles. The summed E-state index contributed by atoms with van der Waals surface area (Å²) >= 11 is 7.24. The van der Waals surface area contributed by atoms with Gasteiger partial charge in [0, 0.05) is 16.3 Å². The summed E-state index contributed by atoms with van der Waals surface area (Å²) < 4.78 is 7.65. The van der Waals surface area contributed by atoms with Crippen molar-refractivity contribution >= 4 is 29.3 Å². The Morgan fingerprint density at radius 1 is 1.07 bits per heavy atom. The lowest BCUT2D eigenvalue weighted by Crippen LogP contribution is -2.24. The van der Waals surface area contributed by atoms with Gasteiger partial charge in [-0.15, -0.1) is 10.2 Å². The normalized spacial score (nSPS) is 10.8. The summed E-state index contributed by atoms with van der Waals surface area (Å²) in [6, 6.07) is 20.9. The average molecular weight is 425 g/mol. The third-order valence-electron chi connectivity index (χ3n) is 4.13. The van der Waals surface area contributed by atoms with Gasteiger partial charge in [-0.1, -0.05) is 41.6 Å². The molecule has 2 heterocycles. The fourth-order valence-electron chi connectivity index (χ4n) is 2.70. The Morgan fingerprint density at radius 2 is 1.86 bits per heavy atom. The van der Waals surface area contributed by atoms with E-state index < -0.39 is 0 Å². The van der Waals surface area contributed by atoms with Crippen LogP contribution in [0.5, 0.6) is 0 Å². The van der Waals surface area contributed by atoms with Crippen LogP contribution in [0.3, 0.4) is 0 Å². The number of para-hydroxylation sites is 1. The summed E-state index contributed by atoms with van der Waals surface area (Å²) in [6.45, 7) is 0.318. The molecule has 0 aliphatic heterocycles. The maximum absolute atomic E-state index is 12.2. The first-order chi connectivity index (χ1) is 14.2. The number of amides is 1. The number of nitrogens with zero attached hydrogens (tertiary/aromatic N) is 3. The summed E-state index contributed by atoms with van der Waals surface area (Å²) in [4.78, 5) is 12.2. The molecular weight excluding hydrogens is 408 g/mol. The van der Waals surface area contributed by atoms with Gasteiger partial charge in [0.2, 0.25) is 5.91 Å². The van der Waals surface area contributed by atoms with E-state index in [1.165, 1.54) is 11.8 Å². The zero-order valence-corrected chi connectivity index (χ0v) is 16.9. The molecule has 4 rings (SSSR count). The van der Waals surface area contributed by atoms with Crippen molar-refractivity contribution in [3.05, 3.63) is 83.8 Å². The number of carbonyl (C=O) groups is 1. The van der Waals surface area contributed by atoms with Gasteiger partial charge in [0.1, 0.15) is 17.8 Å². The number of carbonyl (C=O) groups excluding carboxylic acids is 1. The molecule has 0 spiro atoms. The van der Waals surface area contributed by atoms with E-state index >= 15 is 0 Å². The molecule has 0 fully saturated rings. The molecule has 0 unspecified atom stereocenters. The van der Waals surface area contributed by atoms with Crippen LogP contribution in [0.2, 0.25) is 5.02 Å². The number of hydrogen-bond donors (Lipinski definition) is 1. The van der Waals surface area contributed by atoms with Gasteiger partial charge in [-0.2, -0.15) is 0 Å². The maximum Gasteiger partial charge on any atom is 0.230 e. The van der Waals surface area contributed by atoms with Crippen molar-refractivity contribution in [2.24, 2.45) is 0 Å². The second kappa shape index (κ2) is 8.98. The van der Waals surface area contributed by atoms with Crippen molar-refractivity contribution in [3.8, 4) is 17.0 Å². The van der Waals surface area contributed by atoms with Crippen LogP contribution >= 0.6 is 23.4 Å². The fourth-order valence-corrected chi connectivity index (χ4v) is 3.58. The highest BCUT2D eigenvalue weighted by atomic mass is 35.5. The van der Waals surface area contributed by atoms with Gasteiger partial charge < -0.3 is 9.73 Å². The van der Waals surface area contributed by atoms with Gasteiger partial charge in [-0.05, 0) is 48.5 Å². The minimum atomic E-state index is -0.109. The third-order valence-corrected chi connectivity index (χ3v) is 5.33. The lowest BCUT2D eigenvalue weighted by molar-refractivity contribution is -0.118. The van der Waals surface area contributed by atoms with Crippen molar-refractivity contribution in [1.29, 1.82) is 0 Å². The van der Waals surface area contributed by atoms with Gasteiger partial charge in [0.05, 0.1) is 12.3 Å². The highest BCUT2D eigenvalue weighted by molar-refractivity contribution is 7.99. The van der Waals surface area contributed by atoms with E-state index in [-0.39, 0.29) is 11.7 Å². The molecule has 0 aliphatic carbocycles. The first kappa shape index (κ1) is 19.3. The number of nitrogens with one attached hydrogen (secondary N) is 1. The van der Waals surface area contributed by atoms with Gasteiger partial charge in [-0.25, -0.2) is 0 Å². The molecule has 0 radical (unpaired) electrons. The van der Waals surface area contributed by atoms with Crippen molar-refractivity contribution in [2.75, 3.05) is 5.75 Å². The van der Waals surface area contributed by atoms with Gasteiger partial charge in [0.25, 0.3) is 0 Å². The van der Waals surface area contributed by atoms with E-state index in [1.807, 2.05) is 71.3 Å². The minimum Gasteiger partial charge on any atom is -0.459 e. The maximum atomic E-state index is 12.2. The SMILES string of the molecule is O=C(CSc1nncn1-c1ccccc1)NCc1ccc(-c2ccc(Cl)cc2)o1. The third kappa shape index (κ3) is 4.88. The highest BCUT2D eigenvalue weighted by Crippen LogP contribution is 2.24. The largest absolute Gasteiger partial charge is 0.459 e. The zero-order valence-electron chi connectivity index (χ0n) is 15.3. The summed E-state index contributed by atoms with van der Waals surface area (Å²) in [5.41, 5.74) is 1.88. The first-order valence-electron chi connectivity index (χ1n) is 8.88. The van der Waals surface area contributed by atoms with E-state index in [9.17, 15) is 4.79 Å². The molecule has 146 valence electrons. The minimum absolute atomic E-state index is 0.109. The Morgan fingerprint density at radius 3 is 2.66 bits per heavy atom. The molecule has 2 aromatic carbocycles. The molecule has 2 aromatic heterocycles. The van der Waals surface area contributed by atoms with Crippen LogP contribution in [0, 0.1) is 0 Å². The molecule has 0 saturated carbocycles. The molecule has 0 atom stereocenters. The van der Waals surface area contributed by atoms with Crippen molar-refractivity contribution < 1.29 is 9.21 Å². The van der Waals surface area contributed by atoms with Crippen molar-refractivity contribution in [1.82, 2.24) is 20.1 Å². The molecule has 0 bridgehead atoms. The molecule has 8 heteroatoms.